The molecule has 0 aliphatic carbocycles. The summed E-state index contributed by atoms with van der Waals surface area (Å²) in [5, 5.41) is 21.7. The fourth-order valence-electron chi connectivity index (χ4n) is 1.25. The number of nitrogens with one attached hydrogen (secondary N) is 2. The Morgan fingerprint density at radius 1 is 1.47 bits per heavy atom. The van der Waals surface area contributed by atoms with Crippen LogP contribution in [0.25, 0.3) is 0 Å². The lowest BCUT2D eigenvalue weighted by atomic mass is 10.3. The number of aliphatic carboxylic acids is 1. The number of benzene rings is 1. The number of methoxy groups -OCH3 is 1. The average Bonchev–Trinajstić information content (AvgIpc) is 2.37. The highest BCUT2D eigenvalue weighted by Gasteiger charge is 2.18. The van der Waals surface area contributed by atoms with Gasteiger partial charge in [-0.05, 0) is 12.1 Å². The number of anilines is 1. The molecule has 19 heavy (non-hydrogen) atoms. The van der Waals surface area contributed by atoms with E-state index in [1.165, 1.54) is 19.2 Å². The van der Waals surface area contributed by atoms with Gasteiger partial charge in [0.1, 0.15) is 0 Å². The first-order valence-corrected chi connectivity index (χ1v) is 5.22. The molecule has 7 nitrogen and oxygen atoms in total. The molecule has 0 saturated heterocycles. The summed E-state index contributed by atoms with van der Waals surface area (Å²) in [6.45, 7) is -0.741. The van der Waals surface area contributed by atoms with Crippen LogP contribution >= 0.6 is 0 Å². The highest BCUT2D eigenvalue weighted by molar-refractivity contribution is 5.92. The van der Waals surface area contributed by atoms with Gasteiger partial charge in [0.05, 0.1) is 13.7 Å². The first kappa shape index (κ1) is 14.7. The summed E-state index contributed by atoms with van der Waals surface area (Å²) in [5.41, 5.74) is 0.220. The van der Waals surface area contributed by atoms with Crippen molar-refractivity contribution in [3.63, 3.8) is 0 Å². The third-order valence-corrected chi connectivity index (χ3v) is 2.19. The number of hydrogen-bond acceptors (Lipinski definition) is 4. The van der Waals surface area contributed by atoms with E-state index in [0.29, 0.717) is 0 Å². The number of halogens is 1. The lowest BCUT2D eigenvalue weighted by molar-refractivity contribution is -0.140. The molecule has 8 heteroatoms. The second-order valence-corrected chi connectivity index (χ2v) is 3.52. The average molecular weight is 272 g/mol. The van der Waals surface area contributed by atoms with Gasteiger partial charge in [-0.15, -0.1) is 0 Å². The number of urea groups is 1. The van der Waals surface area contributed by atoms with Crippen molar-refractivity contribution >= 4 is 17.7 Å². The second-order valence-electron chi connectivity index (χ2n) is 3.52. The number of carbonyl (C=O) groups excluding carboxylic acids is 1. The molecule has 0 aromatic heterocycles. The molecular formula is C11H13FN2O5. The molecule has 0 radical (unpaired) electrons. The first-order valence-electron chi connectivity index (χ1n) is 5.22. The van der Waals surface area contributed by atoms with Crippen LogP contribution in [0.4, 0.5) is 14.9 Å². The summed E-state index contributed by atoms with van der Waals surface area (Å²) in [4.78, 5) is 22.0. The summed E-state index contributed by atoms with van der Waals surface area (Å²) >= 11 is 0. The minimum Gasteiger partial charge on any atom is -0.494 e. The third kappa shape index (κ3) is 4.11. The van der Waals surface area contributed by atoms with E-state index in [1.54, 1.807) is 0 Å². The SMILES string of the molecule is COc1cc(NC(=O)N[C@H](CO)C(=O)O)ccc1F. The number of ether oxygens (including phenoxy) is 1. The highest BCUT2D eigenvalue weighted by atomic mass is 19.1. The number of carboxylic acid groups (broad SMARTS) is 1. The summed E-state index contributed by atoms with van der Waals surface area (Å²) in [7, 11) is 1.27. The molecule has 1 aromatic carbocycles. The van der Waals surface area contributed by atoms with Crippen LogP contribution in [0.1, 0.15) is 0 Å². The van der Waals surface area contributed by atoms with Gasteiger partial charge in [0.15, 0.2) is 17.6 Å². The van der Waals surface area contributed by atoms with Crippen LogP contribution in [0.2, 0.25) is 0 Å². The summed E-state index contributed by atoms with van der Waals surface area (Å²) < 4.78 is 17.8. The van der Waals surface area contributed by atoms with Gasteiger partial charge in [-0.25, -0.2) is 14.0 Å². The van der Waals surface area contributed by atoms with E-state index in [4.69, 9.17) is 14.9 Å². The number of aliphatic hydroxyl groups excluding tert-OH is 1. The molecule has 0 bridgehead atoms. The summed E-state index contributed by atoms with van der Waals surface area (Å²) in [6.07, 6.45) is 0. The van der Waals surface area contributed by atoms with Crippen molar-refractivity contribution < 1.29 is 28.9 Å². The van der Waals surface area contributed by atoms with Gasteiger partial charge in [-0.3, -0.25) is 0 Å². The Kier molecular flexibility index (Phi) is 5.07. The van der Waals surface area contributed by atoms with Crippen molar-refractivity contribution in [1.29, 1.82) is 0 Å². The van der Waals surface area contributed by atoms with Crippen LogP contribution in [-0.4, -0.2) is 42.0 Å². The molecular weight excluding hydrogens is 259 g/mol. The van der Waals surface area contributed by atoms with E-state index in [2.05, 4.69) is 5.32 Å². The largest absolute Gasteiger partial charge is 0.494 e. The van der Waals surface area contributed by atoms with Gasteiger partial charge in [-0.2, -0.15) is 0 Å². The minimum absolute atomic E-state index is 0.0604. The summed E-state index contributed by atoms with van der Waals surface area (Å²) in [5.74, 6) is -2.02. The maximum atomic E-state index is 13.1. The molecule has 104 valence electrons. The zero-order chi connectivity index (χ0) is 14.4. The zero-order valence-corrected chi connectivity index (χ0v) is 10.0. The number of carbonyl (C=O) groups is 2. The summed E-state index contributed by atoms with van der Waals surface area (Å²) in [6, 6.07) is 1.36. The molecule has 1 atom stereocenters. The Balaban J connectivity index is 2.69. The maximum Gasteiger partial charge on any atom is 0.328 e. The smallest absolute Gasteiger partial charge is 0.328 e. The van der Waals surface area contributed by atoms with Crippen LogP contribution in [0.15, 0.2) is 18.2 Å². The molecule has 4 N–H and O–H groups in total. The monoisotopic (exact) mass is 272 g/mol. The van der Waals surface area contributed by atoms with Crippen molar-refractivity contribution in [3.05, 3.63) is 24.0 Å². The van der Waals surface area contributed by atoms with Crippen LogP contribution in [-0.2, 0) is 4.79 Å². The Morgan fingerprint density at radius 2 is 2.16 bits per heavy atom. The first-order chi connectivity index (χ1) is 8.97. The van der Waals surface area contributed by atoms with Crippen LogP contribution < -0.4 is 15.4 Å². The quantitative estimate of drug-likeness (QED) is 0.620. The number of carboxylic acids is 1. The van der Waals surface area contributed by atoms with Gasteiger partial charge < -0.3 is 25.6 Å². The highest BCUT2D eigenvalue weighted by Crippen LogP contribution is 2.21. The predicted octanol–water partition coefficient (Wildman–Crippen LogP) is 0.401. The zero-order valence-electron chi connectivity index (χ0n) is 10.0. The van der Waals surface area contributed by atoms with Crippen LogP contribution in [0.3, 0.4) is 0 Å². The van der Waals surface area contributed by atoms with Crippen molar-refractivity contribution in [1.82, 2.24) is 5.32 Å². The number of hydrogen-bond donors (Lipinski definition) is 4. The fourth-order valence-corrected chi connectivity index (χ4v) is 1.25. The molecule has 0 heterocycles. The van der Waals surface area contributed by atoms with E-state index in [1.807, 2.05) is 5.32 Å². The molecule has 0 fully saturated rings. The van der Waals surface area contributed by atoms with Gasteiger partial charge in [0, 0.05) is 11.8 Å². The van der Waals surface area contributed by atoms with Gasteiger partial charge in [0.2, 0.25) is 0 Å². The Labute approximate surface area is 108 Å². The van der Waals surface area contributed by atoms with Gasteiger partial charge in [-0.1, -0.05) is 0 Å². The molecule has 0 saturated carbocycles. The lowest BCUT2D eigenvalue weighted by Gasteiger charge is -2.13. The minimum atomic E-state index is -1.41. The van der Waals surface area contributed by atoms with E-state index < -0.39 is 30.5 Å². The normalized spacial score (nSPS) is 11.5. The Bertz CT molecular complexity index is 480. The Hall–Kier alpha value is -2.35. The molecule has 1 rings (SSSR count). The third-order valence-electron chi connectivity index (χ3n) is 2.19. The molecule has 0 aliphatic rings. The van der Waals surface area contributed by atoms with Crippen molar-refractivity contribution in [3.8, 4) is 5.75 Å². The van der Waals surface area contributed by atoms with E-state index in [0.717, 1.165) is 6.07 Å². The van der Waals surface area contributed by atoms with Crippen molar-refractivity contribution in [2.45, 2.75) is 6.04 Å². The molecule has 0 aliphatic heterocycles. The molecule has 1 aromatic rings. The Morgan fingerprint density at radius 3 is 2.68 bits per heavy atom. The molecule has 2 amide bonds. The number of amides is 2. The predicted molar refractivity (Wildman–Crippen MR) is 63.6 cm³/mol. The second kappa shape index (κ2) is 6.55. The topological polar surface area (TPSA) is 108 Å². The lowest BCUT2D eigenvalue weighted by Crippen LogP contribution is -2.45. The van der Waals surface area contributed by atoms with E-state index in [-0.39, 0.29) is 11.4 Å². The molecule has 0 unspecified atom stereocenters. The number of aliphatic hydroxyl groups is 1. The van der Waals surface area contributed by atoms with Crippen LogP contribution in [0.5, 0.6) is 5.75 Å². The van der Waals surface area contributed by atoms with Crippen LogP contribution in [0, 0.1) is 5.82 Å². The van der Waals surface area contributed by atoms with Crippen molar-refractivity contribution in [2.24, 2.45) is 0 Å². The maximum absolute atomic E-state index is 13.1. The number of rotatable bonds is 5. The fraction of sp³-hybridized carbons (Fsp3) is 0.273. The molecule has 0 spiro atoms. The van der Waals surface area contributed by atoms with Gasteiger partial charge in [0.25, 0.3) is 0 Å². The standard InChI is InChI=1S/C11H13FN2O5/c1-19-9-4-6(2-3-7(9)12)13-11(18)14-8(5-15)10(16)17/h2-4,8,15H,5H2,1H3,(H,16,17)(H2,13,14,18)/t8-/m1/s1. The van der Waals surface area contributed by atoms with Crippen molar-refractivity contribution in [2.75, 3.05) is 19.0 Å². The van der Waals surface area contributed by atoms with E-state index in [9.17, 15) is 14.0 Å². The van der Waals surface area contributed by atoms with Gasteiger partial charge >= 0.3 is 12.0 Å². The van der Waals surface area contributed by atoms with E-state index >= 15 is 0 Å².